The van der Waals surface area contributed by atoms with Gasteiger partial charge in [-0.2, -0.15) is 0 Å². The summed E-state index contributed by atoms with van der Waals surface area (Å²) in [5, 5.41) is 3.61. The van der Waals surface area contributed by atoms with Crippen LogP contribution in [0.2, 0.25) is 0 Å². The van der Waals surface area contributed by atoms with Crippen molar-refractivity contribution >= 4 is 0 Å². The molecule has 1 nitrogen and oxygen atoms in total. The molecule has 1 aliphatic carbocycles. The van der Waals surface area contributed by atoms with Gasteiger partial charge in [-0.1, -0.05) is 83.1 Å². The third kappa shape index (κ3) is 6.49. The van der Waals surface area contributed by atoms with Crippen LogP contribution in [-0.2, 0) is 0 Å². The topological polar surface area (TPSA) is 12.0 Å². The maximum Gasteiger partial charge on any atom is -0.00463 e. The molecule has 8 unspecified atom stereocenters. The fourth-order valence-electron chi connectivity index (χ4n) is 6.37. The number of hydrogen-bond acceptors (Lipinski definition) is 1. The van der Waals surface area contributed by atoms with Crippen molar-refractivity contribution < 1.29 is 0 Å². The average Bonchev–Trinajstić information content (AvgIpc) is 2.67. The lowest BCUT2D eigenvalue weighted by molar-refractivity contribution is -0.0528. The Bertz CT molecular complexity index is 481. The number of hydrogen-bond donors (Lipinski definition) is 1. The first-order chi connectivity index (χ1) is 13.8. The Kier molecular flexibility index (Phi) is 10.9. The molecule has 8 atom stereocenters. The first kappa shape index (κ1) is 28.0. The van der Waals surface area contributed by atoms with Crippen LogP contribution >= 0.6 is 0 Å². The van der Waals surface area contributed by atoms with Crippen LogP contribution < -0.4 is 5.32 Å². The van der Waals surface area contributed by atoms with E-state index in [4.69, 9.17) is 0 Å². The lowest BCUT2D eigenvalue weighted by Crippen LogP contribution is -2.47. The minimum atomic E-state index is 0.346. The van der Waals surface area contributed by atoms with Crippen LogP contribution in [-0.4, -0.2) is 13.1 Å². The van der Waals surface area contributed by atoms with Gasteiger partial charge in [0.15, 0.2) is 0 Å². The van der Waals surface area contributed by atoms with Crippen molar-refractivity contribution in [1.29, 1.82) is 0 Å². The van der Waals surface area contributed by atoms with Gasteiger partial charge in [-0.05, 0) is 103 Å². The molecule has 0 bridgehead atoms. The molecule has 180 valence electrons. The Morgan fingerprint density at radius 1 is 0.900 bits per heavy atom. The first-order valence-corrected chi connectivity index (χ1v) is 13.5. The van der Waals surface area contributed by atoms with Gasteiger partial charge in [0.2, 0.25) is 0 Å². The van der Waals surface area contributed by atoms with Gasteiger partial charge in [-0.3, -0.25) is 0 Å². The van der Waals surface area contributed by atoms with Gasteiger partial charge >= 0.3 is 0 Å². The Hall–Kier alpha value is -0.0400. The molecular weight excluding hydrogens is 362 g/mol. The van der Waals surface area contributed by atoms with E-state index in [1.54, 1.807) is 0 Å². The summed E-state index contributed by atoms with van der Waals surface area (Å²) in [7, 11) is 0. The van der Waals surface area contributed by atoms with Crippen molar-refractivity contribution in [2.75, 3.05) is 13.1 Å². The predicted octanol–water partition coefficient (Wildman–Crippen LogP) is 8.68. The summed E-state index contributed by atoms with van der Waals surface area (Å²) in [5.41, 5.74) is 0.720. The molecule has 0 aromatic rings. The zero-order valence-electron chi connectivity index (χ0n) is 23.1. The van der Waals surface area contributed by atoms with E-state index in [0.29, 0.717) is 16.7 Å². The van der Waals surface area contributed by atoms with Gasteiger partial charge in [0.1, 0.15) is 0 Å². The zero-order valence-corrected chi connectivity index (χ0v) is 23.1. The SMILES string of the molecule is CCCNCCC(C)C(C)CC(C)(C(C)CC(C)C1CC(C)C1C)C(C)(C)C(C)C. The molecule has 0 aromatic carbocycles. The molecule has 1 heteroatoms. The van der Waals surface area contributed by atoms with Gasteiger partial charge in [-0.25, -0.2) is 0 Å². The summed E-state index contributed by atoms with van der Waals surface area (Å²) in [6.07, 6.45) is 6.75. The third-order valence-corrected chi connectivity index (χ3v) is 10.6. The standard InChI is InChI=1S/C29H59N/c1-13-15-30-16-14-21(4)24(7)19-29(12,28(10,11)20(2)3)25(8)17-23(6)27-18-22(5)26(27)9/h20-27,30H,13-19H2,1-12H3. The van der Waals surface area contributed by atoms with Gasteiger partial charge in [0.05, 0.1) is 0 Å². The molecular formula is C29H59N. The minimum Gasteiger partial charge on any atom is -0.317 e. The van der Waals surface area contributed by atoms with Gasteiger partial charge in [0.25, 0.3) is 0 Å². The molecule has 0 aromatic heterocycles. The van der Waals surface area contributed by atoms with Crippen molar-refractivity contribution in [3.63, 3.8) is 0 Å². The summed E-state index contributed by atoms with van der Waals surface area (Å²) in [6, 6.07) is 0. The van der Waals surface area contributed by atoms with Gasteiger partial charge in [-0.15, -0.1) is 0 Å². The van der Waals surface area contributed by atoms with Crippen LogP contribution in [0, 0.1) is 58.2 Å². The smallest absolute Gasteiger partial charge is 0.00463 e. The molecule has 0 aliphatic heterocycles. The lowest BCUT2D eigenvalue weighted by atomic mass is 9.51. The maximum atomic E-state index is 3.61. The van der Waals surface area contributed by atoms with Crippen molar-refractivity contribution in [3.8, 4) is 0 Å². The van der Waals surface area contributed by atoms with Gasteiger partial charge < -0.3 is 5.32 Å². The number of rotatable bonds is 14. The quantitative estimate of drug-likeness (QED) is 0.276. The molecule has 1 N–H and O–H groups in total. The van der Waals surface area contributed by atoms with E-state index in [0.717, 1.165) is 48.0 Å². The van der Waals surface area contributed by atoms with Crippen molar-refractivity contribution in [1.82, 2.24) is 5.32 Å². The fraction of sp³-hybridized carbons (Fsp3) is 1.00. The van der Waals surface area contributed by atoms with Crippen LogP contribution in [0.5, 0.6) is 0 Å². The van der Waals surface area contributed by atoms with E-state index in [9.17, 15) is 0 Å². The summed E-state index contributed by atoms with van der Waals surface area (Å²) in [4.78, 5) is 0. The van der Waals surface area contributed by atoms with E-state index < -0.39 is 0 Å². The molecule has 0 amide bonds. The third-order valence-electron chi connectivity index (χ3n) is 10.6. The van der Waals surface area contributed by atoms with Crippen LogP contribution in [0.3, 0.4) is 0 Å². The minimum absolute atomic E-state index is 0.346. The second kappa shape index (κ2) is 11.7. The Morgan fingerprint density at radius 3 is 1.97 bits per heavy atom. The highest BCUT2D eigenvalue weighted by molar-refractivity contribution is 4.97. The Labute approximate surface area is 192 Å². The van der Waals surface area contributed by atoms with Crippen LogP contribution in [0.25, 0.3) is 0 Å². The second-order valence-electron chi connectivity index (χ2n) is 12.8. The molecule has 0 spiro atoms. The molecule has 1 rings (SSSR count). The highest BCUT2D eigenvalue weighted by Crippen LogP contribution is 2.56. The molecule has 0 radical (unpaired) electrons. The average molecular weight is 422 g/mol. The first-order valence-electron chi connectivity index (χ1n) is 13.5. The van der Waals surface area contributed by atoms with E-state index in [1.807, 2.05) is 0 Å². The van der Waals surface area contributed by atoms with E-state index in [1.165, 1.54) is 38.6 Å². The van der Waals surface area contributed by atoms with E-state index in [-0.39, 0.29) is 0 Å². The number of nitrogens with one attached hydrogen (secondary N) is 1. The van der Waals surface area contributed by atoms with Crippen molar-refractivity contribution in [2.45, 2.75) is 115 Å². The molecule has 1 saturated carbocycles. The zero-order chi connectivity index (χ0) is 23.3. The molecule has 1 aliphatic rings. The predicted molar refractivity (Wildman–Crippen MR) is 137 cm³/mol. The molecule has 0 heterocycles. The Balaban J connectivity index is 2.89. The highest BCUT2D eigenvalue weighted by Gasteiger charge is 2.48. The molecule has 1 fully saturated rings. The summed E-state index contributed by atoms with van der Waals surface area (Å²) < 4.78 is 0. The molecule has 0 saturated heterocycles. The normalized spacial score (nSPS) is 28.5. The second-order valence-corrected chi connectivity index (χ2v) is 12.8. The fourth-order valence-corrected chi connectivity index (χ4v) is 6.37. The highest BCUT2D eigenvalue weighted by atomic mass is 14.8. The van der Waals surface area contributed by atoms with Crippen molar-refractivity contribution in [3.05, 3.63) is 0 Å². The van der Waals surface area contributed by atoms with Crippen LogP contribution in [0.1, 0.15) is 115 Å². The largest absolute Gasteiger partial charge is 0.317 e. The monoisotopic (exact) mass is 421 g/mol. The summed E-state index contributed by atoms with van der Waals surface area (Å²) >= 11 is 0. The summed E-state index contributed by atoms with van der Waals surface area (Å²) in [6.45, 7) is 32.4. The van der Waals surface area contributed by atoms with E-state index >= 15 is 0 Å². The molecule has 30 heavy (non-hydrogen) atoms. The van der Waals surface area contributed by atoms with Crippen LogP contribution in [0.15, 0.2) is 0 Å². The van der Waals surface area contributed by atoms with E-state index in [2.05, 4.69) is 88.4 Å². The lowest BCUT2D eigenvalue weighted by Gasteiger charge is -2.54. The van der Waals surface area contributed by atoms with Crippen molar-refractivity contribution in [2.24, 2.45) is 58.2 Å². The van der Waals surface area contributed by atoms with Crippen LogP contribution in [0.4, 0.5) is 0 Å². The Morgan fingerprint density at radius 2 is 1.50 bits per heavy atom. The maximum absolute atomic E-state index is 3.61. The summed E-state index contributed by atoms with van der Waals surface area (Å²) in [5.74, 6) is 6.71. The van der Waals surface area contributed by atoms with Gasteiger partial charge in [0, 0.05) is 0 Å².